The summed E-state index contributed by atoms with van der Waals surface area (Å²) in [5.41, 5.74) is 1.92. The van der Waals surface area contributed by atoms with Crippen LogP contribution in [0, 0.1) is 0 Å². The second kappa shape index (κ2) is 8.14. The molecule has 0 atom stereocenters. The van der Waals surface area contributed by atoms with Gasteiger partial charge in [-0.2, -0.15) is 0 Å². The molecule has 30 heavy (non-hydrogen) atoms. The number of para-hydroxylation sites is 1. The Morgan fingerprint density at radius 3 is 2.33 bits per heavy atom. The number of amides is 1. The summed E-state index contributed by atoms with van der Waals surface area (Å²) in [5, 5.41) is 6.35. The number of carbonyl (C=O) groups is 1. The van der Waals surface area contributed by atoms with Crippen molar-refractivity contribution in [3.8, 4) is 21.9 Å². The van der Waals surface area contributed by atoms with E-state index < -0.39 is 0 Å². The Balaban J connectivity index is 1.29. The summed E-state index contributed by atoms with van der Waals surface area (Å²) in [5.74, 6) is 1.39. The van der Waals surface area contributed by atoms with E-state index in [1.807, 2.05) is 78.9 Å². The van der Waals surface area contributed by atoms with Crippen molar-refractivity contribution >= 4 is 44.4 Å². The number of hydrogen-bond acceptors (Lipinski definition) is 4. The molecule has 5 rings (SSSR count). The van der Waals surface area contributed by atoms with Crippen molar-refractivity contribution in [1.82, 2.24) is 0 Å². The molecule has 3 nitrogen and oxygen atoms in total. The van der Waals surface area contributed by atoms with Crippen LogP contribution in [0.1, 0.15) is 9.67 Å². The molecule has 2 heterocycles. The zero-order valence-corrected chi connectivity index (χ0v) is 17.5. The molecule has 0 spiro atoms. The number of benzene rings is 3. The van der Waals surface area contributed by atoms with Gasteiger partial charge in [-0.15, -0.1) is 22.7 Å². The second-order valence-corrected chi connectivity index (χ2v) is 8.70. The number of ether oxygens (including phenoxy) is 1. The molecule has 0 aliphatic carbocycles. The van der Waals surface area contributed by atoms with Crippen LogP contribution in [0.3, 0.4) is 0 Å². The van der Waals surface area contributed by atoms with Crippen LogP contribution in [-0.2, 0) is 0 Å². The minimum Gasteiger partial charge on any atom is -0.457 e. The van der Waals surface area contributed by atoms with Crippen molar-refractivity contribution in [3.63, 3.8) is 0 Å². The minimum absolute atomic E-state index is 0.109. The first-order valence-corrected chi connectivity index (χ1v) is 11.2. The highest BCUT2D eigenvalue weighted by molar-refractivity contribution is 7.20. The van der Waals surface area contributed by atoms with Crippen LogP contribution in [0.4, 0.5) is 5.69 Å². The Hall–Kier alpha value is -3.41. The van der Waals surface area contributed by atoms with Gasteiger partial charge in [-0.25, -0.2) is 0 Å². The van der Waals surface area contributed by atoms with Gasteiger partial charge < -0.3 is 10.1 Å². The quantitative estimate of drug-likeness (QED) is 0.312. The zero-order chi connectivity index (χ0) is 20.3. The summed E-state index contributed by atoms with van der Waals surface area (Å²) in [6, 6.07) is 29.2. The number of thiophene rings is 2. The molecule has 0 saturated carbocycles. The normalized spacial score (nSPS) is 10.8. The molecule has 0 aliphatic heterocycles. The molecule has 2 aromatic heterocycles. The molecule has 1 amide bonds. The lowest BCUT2D eigenvalue weighted by molar-refractivity contribution is 0.103. The predicted molar refractivity (Wildman–Crippen MR) is 126 cm³/mol. The van der Waals surface area contributed by atoms with Gasteiger partial charge in [0.25, 0.3) is 5.91 Å². The Morgan fingerprint density at radius 1 is 0.767 bits per heavy atom. The number of hydrogen-bond donors (Lipinski definition) is 1. The van der Waals surface area contributed by atoms with Crippen molar-refractivity contribution in [2.75, 3.05) is 5.32 Å². The van der Waals surface area contributed by atoms with E-state index in [2.05, 4.69) is 22.8 Å². The SMILES string of the molecule is O=C(Nc1ccc(Oc2ccccc2)cc1)c1ccc(-c2csc3ccccc23)s1. The van der Waals surface area contributed by atoms with Crippen molar-refractivity contribution in [2.45, 2.75) is 0 Å². The number of fused-ring (bicyclic) bond motifs is 1. The summed E-state index contributed by atoms with van der Waals surface area (Å²) >= 11 is 3.23. The fraction of sp³-hybridized carbons (Fsp3) is 0. The number of nitrogens with one attached hydrogen (secondary N) is 1. The summed E-state index contributed by atoms with van der Waals surface area (Å²) in [4.78, 5) is 14.5. The maximum absolute atomic E-state index is 12.7. The highest BCUT2D eigenvalue weighted by Crippen LogP contribution is 2.37. The molecule has 0 radical (unpaired) electrons. The van der Waals surface area contributed by atoms with Gasteiger partial charge in [0.1, 0.15) is 11.5 Å². The lowest BCUT2D eigenvalue weighted by Crippen LogP contribution is -2.09. The maximum atomic E-state index is 12.7. The summed E-state index contributed by atoms with van der Waals surface area (Å²) in [6.07, 6.45) is 0. The second-order valence-electron chi connectivity index (χ2n) is 6.70. The van der Waals surface area contributed by atoms with E-state index in [-0.39, 0.29) is 5.91 Å². The van der Waals surface area contributed by atoms with Gasteiger partial charge in [0.2, 0.25) is 0 Å². The van der Waals surface area contributed by atoms with Crippen molar-refractivity contribution in [1.29, 1.82) is 0 Å². The van der Waals surface area contributed by atoms with E-state index in [9.17, 15) is 4.79 Å². The Bertz CT molecular complexity index is 1300. The molecule has 3 aromatic carbocycles. The predicted octanol–water partition coefficient (Wildman–Crippen LogP) is 7.67. The molecule has 5 heteroatoms. The number of anilines is 1. The topological polar surface area (TPSA) is 38.3 Å². The van der Waals surface area contributed by atoms with E-state index in [1.165, 1.54) is 27.0 Å². The Morgan fingerprint density at radius 2 is 1.50 bits per heavy atom. The largest absolute Gasteiger partial charge is 0.457 e. The molecule has 0 saturated heterocycles. The monoisotopic (exact) mass is 427 g/mol. The molecule has 5 aromatic rings. The standard InChI is InChI=1S/C25H17NO2S2/c27-25(26-17-10-12-19(13-11-17)28-18-6-2-1-3-7-18)24-15-14-23(30-24)21-16-29-22-9-5-4-8-20(21)22/h1-16H,(H,26,27). The summed E-state index contributed by atoms with van der Waals surface area (Å²) in [6.45, 7) is 0. The van der Waals surface area contributed by atoms with Crippen LogP contribution in [0.15, 0.2) is 96.4 Å². The van der Waals surface area contributed by atoms with Crippen LogP contribution in [0.5, 0.6) is 11.5 Å². The van der Waals surface area contributed by atoms with Gasteiger partial charge in [0.05, 0.1) is 4.88 Å². The average molecular weight is 428 g/mol. The van der Waals surface area contributed by atoms with E-state index in [4.69, 9.17) is 4.74 Å². The first kappa shape index (κ1) is 18.6. The molecule has 1 N–H and O–H groups in total. The van der Waals surface area contributed by atoms with Gasteiger partial charge in [0, 0.05) is 31.6 Å². The van der Waals surface area contributed by atoms with Crippen LogP contribution in [-0.4, -0.2) is 5.91 Å². The van der Waals surface area contributed by atoms with Gasteiger partial charge in [0.15, 0.2) is 0 Å². The van der Waals surface area contributed by atoms with Gasteiger partial charge in [-0.1, -0.05) is 36.4 Å². The Labute approximate surface area is 182 Å². The fourth-order valence-corrected chi connectivity index (χ4v) is 5.16. The highest BCUT2D eigenvalue weighted by Gasteiger charge is 2.13. The molecule has 0 bridgehead atoms. The third kappa shape index (κ3) is 3.85. The van der Waals surface area contributed by atoms with E-state index >= 15 is 0 Å². The van der Waals surface area contributed by atoms with Crippen LogP contribution in [0.25, 0.3) is 20.5 Å². The lowest BCUT2D eigenvalue weighted by atomic mass is 10.1. The zero-order valence-electron chi connectivity index (χ0n) is 15.9. The first-order chi connectivity index (χ1) is 14.8. The van der Waals surface area contributed by atoms with Crippen molar-refractivity contribution < 1.29 is 9.53 Å². The third-order valence-corrected chi connectivity index (χ3v) is 6.75. The molecular formula is C25H17NO2S2. The van der Waals surface area contributed by atoms with Crippen LogP contribution < -0.4 is 10.1 Å². The molecule has 0 fully saturated rings. The third-order valence-electron chi connectivity index (χ3n) is 4.67. The van der Waals surface area contributed by atoms with Crippen LogP contribution >= 0.6 is 22.7 Å². The summed E-state index contributed by atoms with van der Waals surface area (Å²) < 4.78 is 7.05. The van der Waals surface area contributed by atoms with E-state index in [1.54, 1.807) is 11.3 Å². The number of carbonyl (C=O) groups excluding carboxylic acids is 1. The van der Waals surface area contributed by atoms with Gasteiger partial charge in [-0.3, -0.25) is 4.79 Å². The van der Waals surface area contributed by atoms with E-state index in [0.29, 0.717) is 4.88 Å². The minimum atomic E-state index is -0.109. The fourth-order valence-electron chi connectivity index (χ4n) is 3.20. The Kier molecular flexibility index (Phi) is 5.05. The maximum Gasteiger partial charge on any atom is 0.265 e. The van der Waals surface area contributed by atoms with E-state index in [0.717, 1.165) is 22.1 Å². The van der Waals surface area contributed by atoms with Crippen LogP contribution in [0.2, 0.25) is 0 Å². The van der Waals surface area contributed by atoms with Crippen molar-refractivity contribution in [3.05, 3.63) is 101 Å². The smallest absolute Gasteiger partial charge is 0.265 e. The summed E-state index contributed by atoms with van der Waals surface area (Å²) in [7, 11) is 0. The molecule has 0 aliphatic rings. The van der Waals surface area contributed by atoms with Crippen molar-refractivity contribution in [2.24, 2.45) is 0 Å². The molecule has 0 unspecified atom stereocenters. The lowest BCUT2D eigenvalue weighted by Gasteiger charge is -2.07. The highest BCUT2D eigenvalue weighted by atomic mass is 32.1. The number of rotatable bonds is 5. The van der Waals surface area contributed by atoms with Gasteiger partial charge >= 0.3 is 0 Å². The first-order valence-electron chi connectivity index (χ1n) is 9.47. The molecular weight excluding hydrogens is 410 g/mol. The van der Waals surface area contributed by atoms with Gasteiger partial charge in [-0.05, 0) is 54.6 Å². The average Bonchev–Trinajstić information content (AvgIpc) is 3.43. The molecule has 146 valence electrons.